The number of hydrogen-bond acceptors (Lipinski definition) is 0. The Morgan fingerprint density at radius 2 is 1.20 bits per heavy atom. The second-order valence-corrected chi connectivity index (χ2v) is 10.4. The molecule has 2 nitrogen and oxygen atoms in total. The molecule has 0 spiro atoms. The molecule has 0 fully saturated rings. The highest BCUT2D eigenvalue weighted by molar-refractivity contribution is 6.10. The van der Waals surface area contributed by atoms with Crippen LogP contribution in [0.1, 0.15) is 16.8 Å². The predicted octanol–water partition coefficient (Wildman–Crippen LogP) is 10.2. The van der Waals surface area contributed by atoms with Crippen molar-refractivity contribution < 1.29 is 0 Å². The molecule has 7 aromatic rings. The third-order valence-electron chi connectivity index (χ3n) is 7.93. The summed E-state index contributed by atoms with van der Waals surface area (Å²) in [6, 6.07) is 41.8. The molecule has 2 heteroatoms. The highest BCUT2D eigenvalue weighted by Gasteiger charge is 2.16. The lowest BCUT2D eigenvalue weighted by atomic mass is 10.00. The number of nitrogens with zero attached hydrogens (tertiary/aromatic N) is 2. The van der Waals surface area contributed by atoms with Crippen molar-refractivity contribution in [2.45, 2.75) is 13.8 Å². The maximum atomic E-state index is 3.91. The first-order valence-corrected chi connectivity index (χ1v) is 13.7. The van der Waals surface area contributed by atoms with Crippen molar-refractivity contribution in [2.75, 3.05) is 0 Å². The van der Waals surface area contributed by atoms with Gasteiger partial charge in [0, 0.05) is 38.8 Å². The van der Waals surface area contributed by atoms with E-state index in [2.05, 4.69) is 151 Å². The number of aromatic nitrogens is 2. The Labute approximate surface area is 234 Å². The van der Waals surface area contributed by atoms with E-state index in [0.717, 1.165) is 0 Å². The monoisotopic (exact) mass is 514 g/mol. The maximum Gasteiger partial charge on any atom is 0.0541 e. The largest absolute Gasteiger partial charge is 0.313 e. The molecule has 0 aliphatic rings. The number of hydrogen-bond donors (Lipinski definition) is 0. The summed E-state index contributed by atoms with van der Waals surface area (Å²) < 4.78 is 4.73. The molecule has 0 saturated carbocycles. The summed E-state index contributed by atoms with van der Waals surface area (Å²) in [4.78, 5) is 0. The van der Waals surface area contributed by atoms with E-state index in [-0.39, 0.29) is 0 Å². The SMILES string of the molecule is C=C/C=C\c1c(C)n(-c2cccc(C)c2)c2ccc(-c3ccc4c(c3)c3ccccc3n4-c3ccccc3)cc12. The van der Waals surface area contributed by atoms with E-state index >= 15 is 0 Å². The minimum atomic E-state index is 1.18. The van der Waals surface area contributed by atoms with Crippen LogP contribution in [0.2, 0.25) is 0 Å². The van der Waals surface area contributed by atoms with Gasteiger partial charge >= 0.3 is 0 Å². The van der Waals surface area contributed by atoms with Crippen molar-refractivity contribution in [3.63, 3.8) is 0 Å². The molecule has 0 atom stereocenters. The zero-order valence-corrected chi connectivity index (χ0v) is 22.8. The van der Waals surface area contributed by atoms with Gasteiger partial charge in [-0.3, -0.25) is 0 Å². The third-order valence-corrected chi connectivity index (χ3v) is 7.93. The van der Waals surface area contributed by atoms with Crippen LogP contribution in [0, 0.1) is 13.8 Å². The molecule has 0 unspecified atom stereocenters. The number of para-hydroxylation sites is 2. The topological polar surface area (TPSA) is 9.86 Å². The fourth-order valence-corrected chi connectivity index (χ4v) is 6.10. The second kappa shape index (κ2) is 9.59. The first kappa shape index (κ1) is 24.0. The van der Waals surface area contributed by atoms with E-state index in [0.29, 0.717) is 0 Å². The number of rotatable bonds is 5. The summed E-state index contributed by atoms with van der Waals surface area (Å²) in [5, 5.41) is 3.76. The van der Waals surface area contributed by atoms with E-state index in [1.165, 1.54) is 72.0 Å². The summed E-state index contributed by atoms with van der Waals surface area (Å²) >= 11 is 0. The fraction of sp³-hybridized carbons (Fsp3) is 0.0526. The quantitative estimate of drug-likeness (QED) is 0.202. The van der Waals surface area contributed by atoms with Gasteiger partial charge in [0.05, 0.1) is 16.6 Å². The van der Waals surface area contributed by atoms with Gasteiger partial charge in [-0.25, -0.2) is 0 Å². The van der Waals surface area contributed by atoms with E-state index in [1.54, 1.807) is 0 Å². The van der Waals surface area contributed by atoms with Crippen LogP contribution in [-0.2, 0) is 0 Å². The highest BCUT2D eigenvalue weighted by Crippen LogP contribution is 2.37. The van der Waals surface area contributed by atoms with Gasteiger partial charge in [-0.2, -0.15) is 0 Å². The van der Waals surface area contributed by atoms with E-state index in [9.17, 15) is 0 Å². The number of aryl methyl sites for hydroxylation is 1. The zero-order chi connectivity index (χ0) is 27.2. The molecule has 2 heterocycles. The molecule has 0 aliphatic heterocycles. The summed E-state index contributed by atoms with van der Waals surface area (Å²) in [5.74, 6) is 0. The number of allylic oxidation sites excluding steroid dienone is 2. The molecule has 0 radical (unpaired) electrons. The van der Waals surface area contributed by atoms with Crippen LogP contribution in [-0.4, -0.2) is 9.13 Å². The molecule has 0 amide bonds. The lowest BCUT2D eigenvalue weighted by Crippen LogP contribution is -1.97. The van der Waals surface area contributed by atoms with Gasteiger partial charge in [0.25, 0.3) is 0 Å². The zero-order valence-electron chi connectivity index (χ0n) is 22.8. The van der Waals surface area contributed by atoms with E-state index in [1.807, 2.05) is 12.2 Å². The van der Waals surface area contributed by atoms with E-state index < -0.39 is 0 Å². The molecule has 5 aromatic carbocycles. The van der Waals surface area contributed by atoms with Crippen molar-refractivity contribution >= 4 is 38.8 Å². The molecule has 0 bridgehead atoms. The van der Waals surface area contributed by atoms with Gasteiger partial charge in [-0.1, -0.05) is 85.5 Å². The lowest BCUT2D eigenvalue weighted by molar-refractivity contribution is 1.05. The van der Waals surface area contributed by atoms with Crippen LogP contribution in [0.5, 0.6) is 0 Å². The van der Waals surface area contributed by atoms with Gasteiger partial charge in [0.15, 0.2) is 0 Å². The van der Waals surface area contributed by atoms with Crippen molar-refractivity contribution in [2.24, 2.45) is 0 Å². The average molecular weight is 515 g/mol. The van der Waals surface area contributed by atoms with Crippen molar-refractivity contribution in [1.29, 1.82) is 0 Å². The van der Waals surface area contributed by atoms with Gasteiger partial charge in [-0.05, 0) is 85.1 Å². The summed E-state index contributed by atoms with van der Waals surface area (Å²) in [6.07, 6.45) is 6.05. The van der Waals surface area contributed by atoms with Crippen molar-refractivity contribution in [1.82, 2.24) is 9.13 Å². The van der Waals surface area contributed by atoms with Crippen LogP contribution < -0.4 is 0 Å². The van der Waals surface area contributed by atoms with Crippen molar-refractivity contribution in [3.8, 4) is 22.5 Å². The first-order valence-electron chi connectivity index (χ1n) is 13.7. The molecule has 0 saturated heterocycles. The second-order valence-electron chi connectivity index (χ2n) is 10.4. The standard InChI is InChI=1S/C38H30N2/c1-4-5-16-32-27(3)39(31-15-11-12-26(2)23-31)37-21-19-28(24-34(32)37)29-20-22-38-35(25-29)33-17-9-10-18-36(33)40(38)30-13-7-6-8-14-30/h4-25H,1H2,2-3H3/b16-5-. The Morgan fingerprint density at radius 3 is 1.95 bits per heavy atom. The number of benzene rings is 5. The normalized spacial score (nSPS) is 11.8. The first-order chi connectivity index (χ1) is 19.6. The molecule has 2 aromatic heterocycles. The Hall–Kier alpha value is -5.08. The minimum absolute atomic E-state index is 1.18. The van der Waals surface area contributed by atoms with Crippen LogP contribution in [0.3, 0.4) is 0 Å². The van der Waals surface area contributed by atoms with Crippen LogP contribution in [0.15, 0.2) is 134 Å². The third kappa shape index (κ3) is 3.80. The van der Waals surface area contributed by atoms with Gasteiger partial charge < -0.3 is 9.13 Å². The molecule has 192 valence electrons. The van der Waals surface area contributed by atoms with Gasteiger partial charge in [-0.15, -0.1) is 0 Å². The van der Waals surface area contributed by atoms with Gasteiger partial charge in [0.2, 0.25) is 0 Å². The van der Waals surface area contributed by atoms with Crippen LogP contribution in [0.4, 0.5) is 0 Å². The van der Waals surface area contributed by atoms with Crippen LogP contribution in [0.25, 0.3) is 61.3 Å². The fourth-order valence-electron chi connectivity index (χ4n) is 6.10. The number of fused-ring (bicyclic) bond motifs is 4. The molecular formula is C38H30N2. The van der Waals surface area contributed by atoms with Gasteiger partial charge in [0.1, 0.15) is 0 Å². The Morgan fingerprint density at radius 1 is 0.550 bits per heavy atom. The lowest BCUT2D eigenvalue weighted by Gasteiger charge is -2.10. The van der Waals surface area contributed by atoms with Crippen molar-refractivity contribution in [3.05, 3.63) is 151 Å². The summed E-state index contributed by atoms with van der Waals surface area (Å²) in [7, 11) is 0. The summed E-state index contributed by atoms with van der Waals surface area (Å²) in [6.45, 7) is 8.26. The Balaban J connectivity index is 1.45. The minimum Gasteiger partial charge on any atom is -0.313 e. The maximum absolute atomic E-state index is 3.91. The summed E-state index contributed by atoms with van der Waals surface area (Å²) in [5.41, 5.74) is 12.1. The molecule has 7 rings (SSSR count). The molecule has 40 heavy (non-hydrogen) atoms. The Bertz CT molecular complexity index is 2080. The smallest absolute Gasteiger partial charge is 0.0541 e. The van der Waals surface area contributed by atoms with E-state index in [4.69, 9.17) is 0 Å². The molecule has 0 N–H and O–H groups in total. The average Bonchev–Trinajstić information content (AvgIpc) is 3.47. The Kier molecular flexibility index (Phi) is 5.75. The molecular weight excluding hydrogens is 484 g/mol. The molecule has 0 aliphatic carbocycles. The van der Waals surface area contributed by atoms with Crippen LogP contribution >= 0.6 is 0 Å². The highest BCUT2D eigenvalue weighted by atomic mass is 15.0. The predicted molar refractivity (Wildman–Crippen MR) is 172 cm³/mol.